The molecule has 3 rings (SSSR count). The Hall–Kier alpha value is -2.21. The molecule has 0 saturated carbocycles. The zero-order chi connectivity index (χ0) is 14.8. The number of hydrogen-bond donors (Lipinski definition) is 1. The summed E-state index contributed by atoms with van der Waals surface area (Å²) >= 11 is 3.40. The van der Waals surface area contributed by atoms with Gasteiger partial charge in [-0.25, -0.2) is 4.68 Å². The number of amides is 1. The minimum atomic E-state index is -0.129. The molecule has 0 spiro atoms. The Kier molecular flexibility index (Phi) is 3.70. The van der Waals surface area contributed by atoms with Gasteiger partial charge in [0.1, 0.15) is 12.1 Å². The smallest absolute Gasteiger partial charge is 0.246 e. The number of aryl methyl sites for hydroxylation is 1. The van der Waals surface area contributed by atoms with Crippen molar-refractivity contribution in [2.45, 2.75) is 13.5 Å². The molecule has 106 valence electrons. The number of rotatable bonds is 3. The number of para-hydroxylation sites is 1. The van der Waals surface area contributed by atoms with Gasteiger partial charge in [0.05, 0.1) is 5.52 Å². The van der Waals surface area contributed by atoms with Crippen LogP contribution in [-0.2, 0) is 11.3 Å². The van der Waals surface area contributed by atoms with Crippen LogP contribution in [0.2, 0.25) is 0 Å². The number of halogens is 1. The Morgan fingerprint density at radius 3 is 2.90 bits per heavy atom. The van der Waals surface area contributed by atoms with E-state index in [2.05, 4.69) is 31.6 Å². The lowest BCUT2D eigenvalue weighted by Gasteiger charge is -2.09. The maximum Gasteiger partial charge on any atom is 0.246 e. The Balaban J connectivity index is 1.77. The van der Waals surface area contributed by atoms with Crippen LogP contribution < -0.4 is 5.32 Å². The maximum absolute atomic E-state index is 12.1. The highest BCUT2D eigenvalue weighted by Crippen LogP contribution is 2.20. The van der Waals surface area contributed by atoms with Gasteiger partial charge < -0.3 is 5.32 Å². The number of carbonyl (C=O) groups excluding carboxylic acids is 1. The molecule has 1 N–H and O–H groups in total. The summed E-state index contributed by atoms with van der Waals surface area (Å²) in [6.45, 7) is 2.08. The van der Waals surface area contributed by atoms with Crippen molar-refractivity contribution in [3.8, 4) is 0 Å². The molecule has 0 radical (unpaired) electrons. The van der Waals surface area contributed by atoms with Crippen LogP contribution in [-0.4, -0.2) is 20.9 Å². The Morgan fingerprint density at radius 2 is 2.10 bits per heavy atom. The van der Waals surface area contributed by atoms with E-state index in [-0.39, 0.29) is 12.5 Å². The molecule has 21 heavy (non-hydrogen) atoms. The number of hydrogen-bond acceptors (Lipinski definition) is 3. The lowest BCUT2D eigenvalue weighted by atomic mass is 10.2. The molecule has 0 saturated heterocycles. The third kappa shape index (κ3) is 2.95. The Morgan fingerprint density at radius 1 is 1.29 bits per heavy atom. The molecule has 0 aliphatic heterocycles. The van der Waals surface area contributed by atoms with Crippen molar-refractivity contribution < 1.29 is 4.79 Å². The van der Waals surface area contributed by atoms with Gasteiger partial charge >= 0.3 is 0 Å². The quantitative estimate of drug-likeness (QED) is 0.793. The summed E-state index contributed by atoms with van der Waals surface area (Å²) < 4.78 is 2.58. The molecule has 0 aliphatic carbocycles. The molecule has 6 heteroatoms. The van der Waals surface area contributed by atoms with Gasteiger partial charge in [-0.3, -0.25) is 4.79 Å². The van der Waals surface area contributed by atoms with E-state index in [1.165, 1.54) is 0 Å². The second-order valence-electron chi connectivity index (χ2n) is 4.74. The highest BCUT2D eigenvalue weighted by atomic mass is 79.9. The Labute approximate surface area is 130 Å². The fraction of sp³-hybridized carbons (Fsp3) is 0.133. The first-order valence-electron chi connectivity index (χ1n) is 6.48. The molecule has 1 heterocycles. The van der Waals surface area contributed by atoms with Crippen molar-refractivity contribution in [2.24, 2.45) is 0 Å². The lowest BCUT2D eigenvalue weighted by Crippen LogP contribution is -2.20. The fourth-order valence-electron chi connectivity index (χ4n) is 2.13. The average Bonchev–Trinajstić information content (AvgIpc) is 2.85. The van der Waals surface area contributed by atoms with Gasteiger partial charge in [0.15, 0.2) is 0 Å². The van der Waals surface area contributed by atoms with Crippen LogP contribution in [0.3, 0.4) is 0 Å². The number of benzene rings is 2. The summed E-state index contributed by atoms with van der Waals surface area (Å²) in [5, 5.41) is 10.9. The molecule has 1 aromatic heterocycles. The molecule has 3 aromatic rings. The van der Waals surface area contributed by atoms with Gasteiger partial charge in [0, 0.05) is 10.2 Å². The van der Waals surface area contributed by atoms with Crippen molar-refractivity contribution in [1.29, 1.82) is 0 Å². The topological polar surface area (TPSA) is 59.8 Å². The molecule has 0 atom stereocenters. The summed E-state index contributed by atoms with van der Waals surface area (Å²) in [7, 11) is 0. The zero-order valence-electron chi connectivity index (χ0n) is 11.4. The summed E-state index contributed by atoms with van der Waals surface area (Å²) in [6, 6.07) is 13.3. The number of carbonyl (C=O) groups is 1. The molecule has 2 aromatic carbocycles. The number of fused-ring (bicyclic) bond motifs is 1. The third-order valence-electron chi connectivity index (χ3n) is 3.18. The van der Waals surface area contributed by atoms with Gasteiger partial charge in [-0.2, -0.15) is 0 Å². The largest absolute Gasteiger partial charge is 0.324 e. The van der Waals surface area contributed by atoms with Crippen LogP contribution in [0, 0.1) is 6.92 Å². The molecule has 0 fully saturated rings. The molecular formula is C15H13BrN4O. The van der Waals surface area contributed by atoms with Crippen molar-refractivity contribution in [3.63, 3.8) is 0 Å². The van der Waals surface area contributed by atoms with E-state index in [4.69, 9.17) is 0 Å². The third-order valence-corrected chi connectivity index (χ3v) is 3.67. The van der Waals surface area contributed by atoms with Gasteiger partial charge in [-0.05, 0) is 42.8 Å². The zero-order valence-corrected chi connectivity index (χ0v) is 13.0. The first kappa shape index (κ1) is 13.8. The number of aromatic nitrogens is 3. The van der Waals surface area contributed by atoms with E-state index < -0.39 is 0 Å². The molecule has 0 unspecified atom stereocenters. The van der Waals surface area contributed by atoms with Crippen LogP contribution in [0.5, 0.6) is 0 Å². The summed E-state index contributed by atoms with van der Waals surface area (Å²) in [5.74, 6) is -0.129. The molecule has 0 bridgehead atoms. The highest BCUT2D eigenvalue weighted by Gasteiger charge is 2.09. The van der Waals surface area contributed by atoms with E-state index in [1.54, 1.807) is 4.68 Å². The van der Waals surface area contributed by atoms with Crippen LogP contribution >= 0.6 is 15.9 Å². The summed E-state index contributed by atoms with van der Waals surface area (Å²) in [5.41, 5.74) is 3.43. The maximum atomic E-state index is 12.1. The Bertz CT molecular complexity index is 812. The van der Waals surface area contributed by atoms with E-state index in [1.807, 2.05) is 49.4 Å². The van der Waals surface area contributed by atoms with Crippen LogP contribution in [0.4, 0.5) is 5.69 Å². The molecule has 1 amide bonds. The van der Waals surface area contributed by atoms with Crippen molar-refractivity contribution in [3.05, 3.63) is 52.5 Å². The van der Waals surface area contributed by atoms with Crippen molar-refractivity contribution in [1.82, 2.24) is 15.0 Å². The monoisotopic (exact) mass is 344 g/mol. The number of nitrogens with one attached hydrogen (secondary N) is 1. The van der Waals surface area contributed by atoms with Gasteiger partial charge in [-0.15, -0.1) is 5.10 Å². The SMILES string of the molecule is Cc1cc(Br)ccc1NC(=O)Cn1nnc2ccccc21. The highest BCUT2D eigenvalue weighted by molar-refractivity contribution is 9.10. The van der Waals surface area contributed by atoms with Crippen LogP contribution in [0.1, 0.15) is 5.56 Å². The molecular weight excluding hydrogens is 332 g/mol. The first-order chi connectivity index (χ1) is 10.1. The predicted octanol–water partition coefficient (Wildman–Crippen LogP) is 3.14. The predicted molar refractivity (Wildman–Crippen MR) is 85.0 cm³/mol. The summed E-state index contributed by atoms with van der Waals surface area (Å²) in [4.78, 5) is 12.1. The second-order valence-corrected chi connectivity index (χ2v) is 5.66. The number of nitrogens with zero attached hydrogens (tertiary/aromatic N) is 3. The molecule has 5 nitrogen and oxygen atoms in total. The van der Waals surface area contributed by atoms with E-state index in [9.17, 15) is 4.79 Å². The van der Waals surface area contributed by atoms with Crippen LogP contribution in [0.25, 0.3) is 11.0 Å². The van der Waals surface area contributed by atoms with E-state index in [0.29, 0.717) is 0 Å². The van der Waals surface area contributed by atoms with Crippen molar-refractivity contribution in [2.75, 3.05) is 5.32 Å². The molecule has 0 aliphatic rings. The van der Waals surface area contributed by atoms with E-state index >= 15 is 0 Å². The average molecular weight is 345 g/mol. The summed E-state index contributed by atoms with van der Waals surface area (Å²) in [6.07, 6.45) is 0. The van der Waals surface area contributed by atoms with Gasteiger partial charge in [0.2, 0.25) is 5.91 Å². The fourth-order valence-corrected chi connectivity index (χ4v) is 2.60. The van der Waals surface area contributed by atoms with Crippen LogP contribution in [0.15, 0.2) is 46.9 Å². The normalized spacial score (nSPS) is 10.8. The standard InChI is InChI=1S/C15H13BrN4O/c1-10-8-11(16)6-7-12(10)17-15(21)9-20-14-5-3-2-4-13(14)18-19-20/h2-8H,9H2,1H3,(H,17,21). The van der Waals surface area contributed by atoms with Crippen molar-refractivity contribution >= 4 is 38.6 Å². The van der Waals surface area contributed by atoms with Gasteiger partial charge in [0.25, 0.3) is 0 Å². The van der Waals surface area contributed by atoms with E-state index in [0.717, 1.165) is 26.8 Å². The first-order valence-corrected chi connectivity index (χ1v) is 7.27. The minimum absolute atomic E-state index is 0.129. The minimum Gasteiger partial charge on any atom is -0.324 e. The lowest BCUT2D eigenvalue weighted by molar-refractivity contribution is -0.116. The number of anilines is 1. The second kappa shape index (κ2) is 5.65. The van der Waals surface area contributed by atoms with Gasteiger partial charge in [-0.1, -0.05) is 33.3 Å².